The smallest absolute Gasteiger partial charge is 0.138 e. The molecule has 3 nitrogen and oxygen atoms in total. The van der Waals surface area contributed by atoms with E-state index in [4.69, 9.17) is 4.74 Å². The van der Waals surface area contributed by atoms with E-state index < -0.39 is 0 Å². The van der Waals surface area contributed by atoms with Gasteiger partial charge < -0.3 is 4.74 Å². The third-order valence-electron chi connectivity index (χ3n) is 2.78. The number of pyridine rings is 1. The first-order valence-corrected chi connectivity index (χ1v) is 7.33. The zero-order chi connectivity index (χ0) is 14.2. The van der Waals surface area contributed by atoms with Crippen molar-refractivity contribution in [2.45, 2.75) is 19.3 Å². The van der Waals surface area contributed by atoms with Crippen LogP contribution in [0.4, 0.5) is 0 Å². The highest BCUT2D eigenvalue weighted by Crippen LogP contribution is 2.10. The first-order chi connectivity index (χ1) is 9.74. The molecule has 0 radical (unpaired) electrons. The Kier molecular flexibility index (Phi) is 5.74. The second-order valence-electron chi connectivity index (χ2n) is 4.45. The third-order valence-corrected chi connectivity index (χ3v) is 3.25. The van der Waals surface area contributed by atoms with Crippen LogP contribution in [0, 0.1) is 0 Å². The summed E-state index contributed by atoms with van der Waals surface area (Å²) in [6, 6.07) is 13.4. The van der Waals surface area contributed by atoms with Crippen LogP contribution in [0.25, 0.3) is 0 Å². The lowest BCUT2D eigenvalue weighted by atomic mass is 10.1. The molecule has 4 heteroatoms. The molecule has 0 bridgehead atoms. The second kappa shape index (κ2) is 7.80. The van der Waals surface area contributed by atoms with Gasteiger partial charge in [0, 0.05) is 29.2 Å². The monoisotopic (exact) mass is 333 g/mol. The van der Waals surface area contributed by atoms with Crippen molar-refractivity contribution in [3.05, 3.63) is 58.8 Å². The molecule has 1 aromatic heterocycles. The first kappa shape index (κ1) is 14.7. The van der Waals surface area contributed by atoms with E-state index >= 15 is 0 Å². The largest absolute Gasteiger partial charge is 0.494 e. The molecular formula is C16H16BrNO2. The number of para-hydroxylation sites is 1. The van der Waals surface area contributed by atoms with E-state index in [1.165, 1.54) is 0 Å². The molecule has 0 aliphatic heterocycles. The number of rotatable bonds is 7. The molecule has 0 N–H and O–H groups in total. The van der Waals surface area contributed by atoms with Crippen LogP contribution in [-0.4, -0.2) is 17.4 Å². The standard InChI is InChI=1S/C16H16BrNO2/c17-13-8-9-14(18-12-13)11-15(19)5-4-10-20-16-6-2-1-3-7-16/h1-3,6-9,12H,4-5,10-11H2. The van der Waals surface area contributed by atoms with E-state index in [2.05, 4.69) is 20.9 Å². The van der Waals surface area contributed by atoms with Gasteiger partial charge in [-0.2, -0.15) is 0 Å². The van der Waals surface area contributed by atoms with E-state index in [-0.39, 0.29) is 5.78 Å². The van der Waals surface area contributed by atoms with Gasteiger partial charge in [-0.3, -0.25) is 9.78 Å². The maximum Gasteiger partial charge on any atom is 0.138 e. The maximum absolute atomic E-state index is 11.8. The Morgan fingerprint density at radius 3 is 2.65 bits per heavy atom. The molecule has 1 aromatic carbocycles. The SMILES string of the molecule is O=C(CCCOc1ccccc1)Cc1ccc(Br)cn1. The summed E-state index contributed by atoms with van der Waals surface area (Å²) in [5.74, 6) is 1.03. The summed E-state index contributed by atoms with van der Waals surface area (Å²) in [7, 11) is 0. The molecule has 20 heavy (non-hydrogen) atoms. The van der Waals surface area contributed by atoms with Crippen molar-refractivity contribution in [3.8, 4) is 5.75 Å². The van der Waals surface area contributed by atoms with Gasteiger partial charge in [0.25, 0.3) is 0 Å². The lowest BCUT2D eigenvalue weighted by Gasteiger charge is -2.05. The lowest BCUT2D eigenvalue weighted by Crippen LogP contribution is -2.07. The summed E-state index contributed by atoms with van der Waals surface area (Å²) < 4.78 is 6.47. The van der Waals surface area contributed by atoms with Crippen LogP contribution in [0.1, 0.15) is 18.5 Å². The van der Waals surface area contributed by atoms with Gasteiger partial charge in [-0.05, 0) is 46.6 Å². The van der Waals surface area contributed by atoms with Crippen LogP contribution >= 0.6 is 15.9 Å². The Bertz CT molecular complexity index is 540. The van der Waals surface area contributed by atoms with E-state index in [0.29, 0.717) is 19.4 Å². The summed E-state index contributed by atoms with van der Waals surface area (Å²) in [5.41, 5.74) is 0.808. The summed E-state index contributed by atoms with van der Waals surface area (Å²) in [6.45, 7) is 0.559. The Hall–Kier alpha value is -1.68. The van der Waals surface area contributed by atoms with Gasteiger partial charge in [-0.25, -0.2) is 0 Å². The zero-order valence-corrected chi connectivity index (χ0v) is 12.7. The molecule has 0 fully saturated rings. The molecule has 0 saturated heterocycles. The Labute approximate surface area is 127 Å². The Balaban J connectivity index is 1.66. The molecule has 2 rings (SSSR count). The number of Topliss-reactive ketones (excluding diaryl/α,β-unsaturated/α-hetero) is 1. The van der Waals surface area contributed by atoms with Crippen molar-refractivity contribution < 1.29 is 9.53 Å². The number of halogens is 1. The first-order valence-electron chi connectivity index (χ1n) is 6.54. The van der Waals surface area contributed by atoms with E-state index in [1.807, 2.05) is 42.5 Å². The van der Waals surface area contributed by atoms with Gasteiger partial charge in [-0.15, -0.1) is 0 Å². The molecule has 0 aliphatic rings. The number of hydrogen-bond acceptors (Lipinski definition) is 3. The summed E-state index contributed by atoms with van der Waals surface area (Å²) in [6.07, 6.45) is 3.34. The molecule has 1 heterocycles. The van der Waals surface area contributed by atoms with E-state index in [0.717, 1.165) is 22.3 Å². The fraction of sp³-hybridized carbons (Fsp3) is 0.250. The predicted octanol–water partition coefficient (Wildman–Crippen LogP) is 3.81. The van der Waals surface area contributed by atoms with Crippen LogP contribution in [0.3, 0.4) is 0 Å². The fourth-order valence-electron chi connectivity index (χ4n) is 1.78. The molecule has 2 aromatic rings. The van der Waals surface area contributed by atoms with Gasteiger partial charge in [0.2, 0.25) is 0 Å². The number of hydrogen-bond donors (Lipinski definition) is 0. The minimum atomic E-state index is 0.191. The number of ketones is 1. The Morgan fingerprint density at radius 1 is 1.15 bits per heavy atom. The van der Waals surface area contributed by atoms with Crippen molar-refractivity contribution in [1.82, 2.24) is 4.98 Å². The molecule has 0 aliphatic carbocycles. The zero-order valence-electron chi connectivity index (χ0n) is 11.1. The van der Waals surface area contributed by atoms with Crippen molar-refractivity contribution in [2.75, 3.05) is 6.61 Å². The van der Waals surface area contributed by atoms with Crippen LogP contribution in [0.15, 0.2) is 53.1 Å². The maximum atomic E-state index is 11.8. The van der Waals surface area contributed by atoms with Crippen LogP contribution in [0.2, 0.25) is 0 Å². The Morgan fingerprint density at radius 2 is 1.95 bits per heavy atom. The van der Waals surface area contributed by atoms with Crippen molar-refractivity contribution in [3.63, 3.8) is 0 Å². The molecule has 0 saturated carbocycles. The minimum absolute atomic E-state index is 0.191. The quantitative estimate of drug-likeness (QED) is 0.723. The molecule has 0 unspecified atom stereocenters. The molecule has 0 atom stereocenters. The number of benzene rings is 1. The van der Waals surface area contributed by atoms with Crippen molar-refractivity contribution >= 4 is 21.7 Å². The second-order valence-corrected chi connectivity index (χ2v) is 5.36. The average Bonchev–Trinajstić information content (AvgIpc) is 2.47. The van der Waals surface area contributed by atoms with Gasteiger partial charge in [0.1, 0.15) is 11.5 Å². The van der Waals surface area contributed by atoms with E-state index in [9.17, 15) is 4.79 Å². The number of carbonyl (C=O) groups is 1. The van der Waals surface area contributed by atoms with Gasteiger partial charge in [0.15, 0.2) is 0 Å². The van der Waals surface area contributed by atoms with Gasteiger partial charge >= 0.3 is 0 Å². The van der Waals surface area contributed by atoms with E-state index in [1.54, 1.807) is 6.20 Å². The van der Waals surface area contributed by atoms with Crippen molar-refractivity contribution in [1.29, 1.82) is 0 Å². The average molecular weight is 334 g/mol. The highest BCUT2D eigenvalue weighted by molar-refractivity contribution is 9.10. The van der Waals surface area contributed by atoms with Crippen LogP contribution in [-0.2, 0) is 11.2 Å². The number of ether oxygens (including phenoxy) is 1. The third kappa shape index (κ3) is 5.13. The summed E-state index contributed by atoms with van der Waals surface area (Å²) in [4.78, 5) is 16.0. The molecule has 104 valence electrons. The predicted molar refractivity (Wildman–Crippen MR) is 81.8 cm³/mol. The topological polar surface area (TPSA) is 39.2 Å². The number of nitrogens with zero attached hydrogens (tertiary/aromatic N) is 1. The number of aromatic nitrogens is 1. The lowest BCUT2D eigenvalue weighted by molar-refractivity contribution is -0.118. The molecular weight excluding hydrogens is 318 g/mol. The molecule has 0 amide bonds. The minimum Gasteiger partial charge on any atom is -0.494 e. The van der Waals surface area contributed by atoms with Crippen LogP contribution in [0.5, 0.6) is 5.75 Å². The summed E-state index contributed by atoms with van der Waals surface area (Å²) >= 11 is 3.32. The van der Waals surface area contributed by atoms with Gasteiger partial charge in [-0.1, -0.05) is 18.2 Å². The highest BCUT2D eigenvalue weighted by atomic mass is 79.9. The fourth-order valence-corrected chi connectivity index (χ4v) is 2.01. The van der Waals surface area contributed by atoms with Crippen molar-refractivity contribution in [2.24, 2.45) is 0 Å². The highest BCUT2D eigenvalue weighted by Gasteiger charge is 2.05. The molecule has 0 spiro atoms. The van der Waals surface area contributed by atoms with Crippen LogP contribution < -0.4 is 4.74 Å². The van der Waals surface area contributed by atoms with Gasteiger partial charge in [0.05, 0.1) is 6.61 Å². The summed E-state index contributed by atoms with van der Waals surface area (Å²) in [5, 5.41) is 0. The number of carbonyl (C=O) groups excluding carboxylic acids is 1. The normalized spacial score (nSPS) is 10.2.